The highest BCUT2D eigenvalue weighted by atomic mass is 16.2. The summed E-state index contributed by atoms with van der Waals surface area (Å²) in [7, 11) is 2.18. The van der Waals surface area contributed by atoms with Crippen LogP contribution in [0.1, 0.15) is 44.9 Å². The lowest BCUT2D eigenvalue weighted by molar-refractivity contribution is 0.0927. The summed E-state index contributed by atoms with van der Waals surface area (Å²) >= 11 is 0. The highest BCUT2D eigenvalue weighted by Crippen LogP contribution is 2.31. The first-order chi connectivity index (χ1) is 16.4. The fourth-order valence-electron chi connectivity index (χ4n) is 5.22. The quantitative estimate of drug-likeness (QED) is 0.650. The molecule has 7 heteroatoms. The zero-order valence-electron chi connectivity index (χ0n) is 20.6. The maximum Gasteiger partial charge on any atom is 0.273 e. The van der Waals surface area contributed by atoms with Crippen LogP contribution in [-0.4, -0.2) is 65.1 Å². The van der Waals surface area contributed by atoms with Gasteiger partial charge >= 0.3 is 0 Å². The van der Waals surface area contributed by atoms with E-state index in [2.05, 4.69) is 63.6 Å². The molecule has 2 aromatic carbocycles. The molecule has 34 heavy (non-hydrogen) atoms. The molecular weight excluding hydrogens is 424 g/mol. The summed E-state index contributed by atoms with van der Waals surface area (Å²) in [5.41, 5.74) is 8.36. The zero-order valence-corrected chi connectivity index (χ0v) is 20.6. The van der Waals surface area contributed by atoms with Gasteiger partial charge in [-0.1, -0.05) is 29.8 Å². The van der Waals surface area contributed by atoms with Gasteiger partial charge in [-0.2, -0.15) is 9.90 Å². The summed E-state index contributed by atoms with van der Waals surface area (Å²) < 4.78 is 0. The highest BCUT2D eigenvalue weighted by Gasteiger charge is 2.27. The van der Waals surface area contributed by atoms with Crippen molar-refractivity contribution in [1.82, 2.24) is 25.2 Å². The third-order valence-corrected chi connectivity index (χ3v) is 7.21. The number of anilines is 1. The molecule has 1 saturated heterocycles. The number of amides is 1. The Bertz CT molecular complexity index is 1210. The van der Waals surface area contributed by atoms with E-state index in [9.17, 15) is 4.79 Å². The SMILES string of the molecule is Cc1ccc(-n2nc(C)c(C(=O)N[C@@H]3CCc4cccc(N5CCN(C)CC5)c4C3)n2)c(C)c1. The molecular formula is C27H34N6O. The number of nitrogens with one attached hydrogen (secondary N) is 1. The average Bonchev–Trinajstić information content (AvgIpc) is 3.20. The van der Waals surface area contributed by atoms with Gasteiger partial charge < -0.3 is 15.1 Å². The van der Waals surface area contributed by atoms with Crippen LogP contribution in [0, 0.1) is 20.8 Å². The van der Waals surface area contributed by atoms with Crippen molar-refractivity contribution in [2.24, 2.45) is 0 Å². The predicted molar refractivity (Wildman–Crippen MR) is 135 cm³/mol. The molecule has 0 bridgehead atoms. The third kappa shape index (κ3) is 4.44. The Morgan fingerprint density at radius 1 is 1.00 bits per heavy atom. The minimum atomic E-state index is -0.140. The van der Waals surface area contributed by atoms with Crippen molar-refractivity contribution in [3.63, 3.8) is 0 Å². The molecule has 1 aliphatic carbocycles. The van der Waals surface area contributed by atoms with Crippen LogP contribution in [0.5, 0.6) is 0 Å². The van der Waals surface area contributed by atoms with E-state index >= 15 is 0 Å². The number of nitrogens with zero attached hydrogens (tertiary/aromatic N) is 5. The first-order valence-corrected chi connectivity index (χ1v) is 12.3. The standard InChI is InChI=1S/C27H34N6O/c1-18-8-11-24(19(2)16-18)33-29-20(3)26(30-33)27(34)28-22-10-9-21-6-5-7-25(23(21)17-22)32-14-12-31(4)13-15-32/h5-8,11,16,22H,9-10,12-15,17H2,1-4H3,(H,28,34)/t22-/m1/s1. The minimum absolute atomic E-state index is 0.0966. The fraction of sp³-hybridized carbons (Fsp3) is 0.444. The molecule has 1 aliphatic heterocycles. The smallest absolute Gasteiger partial charge is 0.273 e. The second-order valence-corrected chi connectivity index (χ2v) is 9.83. The lowest BCUT2D eigenvalue weighted by Gasteiger charge is -2.37. The molecule has 2 aliphatic rings. The molecule has 2 heterocycles. The Balaban J connectivity index is 1.32. The minimum Gasteiger partial charge on any atom is -0.369 e. The van der Waals surface area contributed by atoms with E-state index in [0.717, 1.165) is 56.7 Å². The van der Waals surface area contributed by atoms with Crippen LogP contribution in [0.25, 0.3) is 5.69 Å². The number of hydrogen-bond donors (Lipinski definition) is 1. The number of rotatable bonds is 4. The second-order valence-electron chi connectivity index (χ2n) is 9.83. The number of carbonyl (C=O) groups is 1. The number of aromatic nitrogens is 3. The Hall–Kier alpha value is -3.19. The van der Waals surface area contributed by atoms with E-state index in [4.69, 9.17) is 0 Å². The highest BCUT2D eigenvalue weighted by molar-refractivity contribution is 5.93. The number of aryl methyl sites for hydroxylation is 4. The first-order valence-electron chi connectivity index (χ1n) is 12.3. The summed E-state index contributed by atoms with van der Waals surface area (Å²) in [6.07, 6.45) is 2.78. The molecule has 1 fully saturated rings. The predicted octanol–water partition coefficient (Wildman–Crippen LogP) is 3.23. The van der Waals surface area contributed by atoms with Gasteiger partial charge in [0.1, 0.15) is 0 Å². The number of piperazine rings is 1. The molecule has 5 rings (SSSR count). The summed E-state index contributed by atoms with van der Waals surface area (Å²) in [6, 6.07) is 12.9. The molecule has 0 unspecified atom stereocenters. The van der Waals surface area contributed by atoms with Gasteiger partial charge in [-0.3, -0.25) is 4.79 Å². The number of benzene rings is 2. The molecule has 178 valence electrons. The monoisotopic (exact) mass is 458 g/mol. The van der Waals surface area contributed by atoms with Crippen molar-refractivity contribution in [1.29, 1.82) is 0 Å². The molecule has 0 radical (unpaired) electrons. The maximum atomic E-state index is 13.2. The van der Waals surface area contributed by atoms with E-state index in [1.54, 1.807) is 4.80 Å². The van der Waals surface area contributed by atoms with Gasteiger partial charge in [-0.15, -0.1) is 5.10 Å². The summed E-state index contributed by atoms with van der Waals surface area (Å²) in [5, 5.41) is 12.4. The van der Waals surface area contributed by atoms with Gasteiger partial charge in [-0.25, -0.2) is 0 Å². The molecule has 1 amide bonds. The van der Waals surface area contributed by atoms with Crippen LogP contribution in [0.4, 0.5) is 5.69 Å². The van der Waals surface area contributed by atoms with Crippen LogP contribution in [0.15, 0.2) is 36.4 Å². The molecule has 7 nitrogen and oxygen atoms in total. The Morgan fingerprint density at radius 3 is 2.56 bits per heavy atom. The lowest BCUT2D eigenvalue weighted by atomic mass is 9.86. The fourth-order valence-corrected chi connectivity index (χ4v) is 5.22. The Labute approximate surface area is 201 Å². The normalized spacial score (nSPS) is 18.6. The van der Waals surface area contributed by atoms with Gasteiger partial charge in [0, 0.05) is 37.9 Å². The lowest BCUT2D eigenvalue weighted by Crippen LogP contribution is -2.45. The molecule has 1 atom stereocenters. The largest absolute Gasteiger partial charge is 0.369 e. The van der Waals surface area contributed by atoms with E-state index in [0.29, 0.717) is 11.4 Å². The van der Waals surface area contributed by atoms with Crippen molar-refractivity contribution in [3.05, 3.63) is 70.0 Å². The topological polar surface area (TPSA) is 66.3 Å². The summed E-state index contributed by atoms with van der Waals surface area (Å²) in [4.78, 5) is 19.7. The average molecular weight is 459 g/mol. The first kappa shape index (κ1) is 22.6. The van der Waals surface area contributed by atoms with Crippen molar-refractivity contribution in [2.75, 3.05) is 38.1 Å². The van der Waals surface area contributed by atoms with Crippen LogP contribution < -0.4 is 10.2 Å². The van der Waals surface area contributed by atoms with Crippen molar-refractivity contribution >= 4 is 11.6 Å². The van der Waals surface area contributed by atoms with Crippen molar-refractivity contribution in [3.8, 4) is 5.69 Å². The van der Waals surface area contributed by atoms with E-state index in [1.165, 1.54) is 22.4 Å². The van der Waals surface area contributed by atoms with Gasteiger partial charge in [0.25, 0.3) is 5.91 Å². The third-order valence-electron chi connectivity index (χ3n) is 7.21. The number of carbonyl (C=O) groups excluding carboxylic acids is 1. The second kappa shape index (κ2) is 9.22. The van der Waals surface area contributed by atoms with E-state index < -0.39 is 0 Å². The number of fused-ring (bicyclic) bond motifs is 1. The molecule has 0 saturated carbocycles. The Morgan fingerprint density at radius 2 is 1.79 bits per heavy atom. The van der Waals surface area contributed by atoms with Crippen molar-refractivity contribution < 1.29 is 4.79 Å². The van der Waals surface area contributed by atoms with Crippen LogP contribution in [0.2, 0.25) is 0 Å². The zero-order chi connectivity index (χ0) is 23.8. The Kier molecular flexibility index (Phi) is 6.13. The van der Waals surface area contributed by atoms with Gasteiger partial charge in [0.05, 0.1) is 11.4 Å². The number of likely N-dealkylation sites (N-methyl/N-ethyl adjacent to an activating group) is 1. The van der Waals surface area contributed by atoms with E-state index in [-0.39, 0.29) is 11.9 Å². The van der Waals surface area contributed by atoms with Gasteiger partial charge in [-0.05, 0) is 75.9 Å². The van der Waals surface area contributed by atoms with Gasteiger partial charge in [0.15, 0.2) is 5.69 Å². The van der Waals surface area contributed by atoms with Crippen LogP contribution in [-0.2, 0) is 12.8 Å². The molecule has 1 N–H and O–H groups in total. The summed E-state index contributed by atoms with van der Waals surface area (Å²) in [5.74, 6) is -0.140. The summed E-state index contributed by atoms with van der Waals surface area (Å²) in [6.45, 7) is 10.2. The van der Waals surface area contributed by atoms with Crippen LogP contribution >= 0.6 is 0 Å². The van der Waals surface area contributed by atoms with E-state index in [1.807, 2.05) is 26.0 Å². The van der Waals surface area contributed by atoms with Crippen LogP contribution in [0.3, 0.4) is 0 Å². The molecule has 0 spiro atoms. The van der Waals surface area contributed by atoms with Crippen molar-refractivity contribution in [2.45, 2.75) is 46.1 Å². The maximum absolute atomic E-state index is 13.2. The van der Waals surface area contributed by atoms with Gasteiger partial charge in [0.2, 0.25) is 0 Å². The number of hydrogen-bond acceptors (Lipinski definition) is 5. The molecule has 3 aromatic rings. The molecule has 1 aromatic heterocycles.